The van der Waals surface area contributed by atoms with E-state index in [9.17, 15) is 40.5 Å². The van der Waals surface area contributed by atoms with Crippen LogP contribution in [0, 0.1) is 40.5 Å². The lowest BCUT2D eigenvalue weighted by molar-refractivity contribution is -0.801. The van der Waals surface area contributed by atoms with Gasteiger partial charge in [0, 0.05) is 0 Å². The highest BCUT2D eigenvalue weighted by Gasteiger charge is 2.56. The topological polar surface area (TPSA) is 191 Å². The maximum absolute atomic E-state index is 10.8. The van der Waals surface area contributed by atoms with E-state index < -0.39 is 63.9 Å². The zero-order chi connectivity index (χ0) is 18.3. The van der Waals surface area contributed by atoms with Crippen molar-refractivity contribution < 1.29 is 29.2 Å². The molecular formula is C9H16N4O10. The van der Waals surface area contributed by atoms with E-state index >= 15 is 0 Å². The number of rotatable bonds is 12. The number of hydrogen-bond acceptors (Lipinski definition) is 10. The number of hydrogen-bond donors (Lipinski definition) is 0. The fourth-order valence-corrected chi connectivity index (χ4v) is 1.53. The van der Waals surface area contributed by atoms with Crippen LogP contribution in [0.5, 0.6) is 0 Å². The molecule has 0 aliphatic heterocycles. The Hall–Kier alpha value is -2.48. The summed E-state index contributed by atoms with van der Waals surface area (Å²) in [6, 6.07) is 0. The van der Waals surface area contributed by atoms with Gasteiger partial charge in [0.1, 0.15) is 26.5 Å². The molecule has 0 fully saturated rings. The second-order valence-electron chi connectivity index (χ2n) is 4.52. The molecule has 0 amide bonds. The Morgan fingerprint density at radius 2 is 0.957 bits per heavy atom. The summed E-state index contributed by atoms with van der Waals surface area (Å²) in [6.45, 7) is -0.249. The highest BCUT2D eigenvalue weighted by Crippen LogP contribution is 2.18. The molecule has 0 radical (unpaired) electrons. The Labute approximate surface area is 128 Å². The molecule has 0 N–H and O–H groups in total. The Balaban J connectivity index is 4.67. The predicted molar refractivity (Wildman–Crippen MR) is 70.8 cm³/mol. The SMILES string of the molecule is CCC(COCOCC(CC)([N+](=O)[O-])[N+](=O)[O-])([N+](=O)[O-])[N+](=O)[O-]. The number of ether oxygens (including phenoxy) is 2. The number of nitro groups is 4. The van der Waals surface area contributed by atoms with Gasteiger partial charge in [-0.05, 0) is 0 Å². The molecule has 0 atom stereocenters. The van der Waals surface area contributed by atoms with Gasteiger partial charge >= 0.3 is 11.3 Å². The molecule has 0 unspecified atom stereocenters. The minimum Gasteiger partial charge on any atom is -0.340 e. The van der Waals surface area contributed by atoms with E-state index in [1.807, 2.05) is 0 Å². The predicted octanol–water partition coefficient (Wildman–Crippen LogP) is 0.297. The lowest BCUT2D eigenvalue weighted by Gasteiger charge is -2.17. The van der Waals surface area contributed by atoms with Gasteiger partial charge in [0.25, 0.3) is 0 Å². The summed E-state index contributed by atoms with van der Waals surface area (Å²) in [6.07, 6.45) is -0.925. The van der Waals surface area contributed by atoms with Crippen molar-refractivity contribution in [3.63, 3.8) is 0 Å². The maximum Gasteiger partial charge on any atom is 0.480 e. The third kappa shape index (κ3) is 4.26. The summed E-state index contributed by atoms with van der Waals surface area (Å²) in [4.78, 5) is 38.8. The third-order valence-corrected chi connectivity index (χ3v) is 3.32. The van der Waals surface area contributed by atoms with Crippen LogP contribution >= 0.6 is 0 Å². The van der Waals surface area contributed by atoms with E-state index in [0.717, 1.165) is 0 Å². The molecule has 14 nitrogen and oxygen atoms in total. The Kier molecular flexibility index (Phi) is 7.34. The van der Waals surface area contributed by atoms with Gasteiger partial charge in [0.05, 0.1) is 12.8 Å². The fourth-order valence-electron chi connectivity index (χ4n) is 1.53. The van der Waals surface area contributed by atoms with Gasteiger partial charge in [-0.3, -0.25) is 40.5 Å². The first-order valence-corrected chi connectivity index (χ1v) is 6.34. The minimum atomic E-state index is -2.57. The van der Waals surface area contributed by atoms with E-state index in [1.165, 1.54) is 13.8 Å². The highest BCUT2D eigenvalue weighted by atomic mass is 16.7. The van der Waals surface area contributed by atoms with Gasteiger partial charge in [0.15, 0.2) is 13.2 Å². The highest BCUT2D eigenvalue weighted by molar-refractivity contribution is 4.65. The van der Waals surface area contributed by atoms with Crippen molar-refractivity contribution in [1.29, 1.82) is 0 Å². The van der Waals surface area contributed by atoms with Crippen LogP contribution in [0.2, 0.25) is 0 Å². The summed E-state index contributed by atoms with van der Waals surface area (Å²) in [5, 5.41) is 43.2. The van der Waals surface area contributed by atoms with Crippen LogP contribution < -0.4 is 0 Å². The van der Waals surface area contributed by atoms with E-state index in [1.54, 1.807) is 0 Å². The molecule has 132 valence electrons. The molecule has 0 bridgehead atoms. The van der Waals surface area contributed by atoms with Crippen LogP contribution in [-0.2, 0) is 9.47 Å². The average Bonchev–Trinajstić information content (AvgIpc) is 2.45. The molecule has 0 saturated heterocycles. The van der Waals surface area contributed by atoms with Gasteiger partial charge in [-0.25, -0.2) is 0 Å². The minimum absolute atomic E-state index is 0.463. The van der Waals surface area contributed by atoms with Gasteiger partial charge < -0.3 is 9.47 Å². The molecular weight excluding hydrogens is 324 g/mol. The monoisotopic (exact) mass is 340 g/mol. The van der Waals surface area contributed by atoms with Crippen molar-refractivity contribution in [3.8, 4) is 0 Å². The molecule has 0 aromatic rings. The molecule has 0 saturated carbocycles. The summed E-state index contributed by atoms with van der Waals surface area (Å²) < 4.78 is 9.32. The lowest BCUT2D eigenvalue weighted by Crippen LogP contribution is -2.51. The molecule has 0 rings (SSSR count). The van der Waals surface area contributed by atoms with Crippen LogP contribution in [0.25, 0.3) is 0 Å². The van der Waals surface area contributed by atoms with Gasteiger partial charge in [-0.2, -0.15) is 0 Å². The van der Waals surface area contributed by atoms with Crippen LogP contribution in [-0.4, -0.2) is 51.0 Å². The summed E-state index contributed by atoms with van der Waals surface area (Å²) in [5.41, 5.74) is -5.14. The van der Waals surface area contributed by atoms with Crippen molar-refractivity contribution in [1.82, 2.24) is 0 Å². The smallest absolute Gasteiger partial charge is 0.340 e. The first-order chi connectivity index (χ1) is 10.6. The largest absolute Gasteiger partial charge is 0.480 e. The molecule has 0 aromatic carbocycles. The van der Waals surface area contributed by atoms with E-state index in [2.05, 4.69) is 9.47 Å². The molecule has 0 aliphatic carbocycles. The standard InChI is InChI=1S/C9H16N4O10/c1-3-8(10(14)15,11(16)17)5-22-7-23-6-9(4-2,12(18)19)13(20)21/h3-7H2,1-2H3. The zero-order valence-corrected chi connectivity index (χ0v) is 12.4. The number of nitrogens with zero attached hydrogens (tertiary/aromatic N) is 4. The Morgan fingerprint density at radius 1 is 0.696 bits per heavy atom. The third-order valence-electron chi connectivity index (χ3n) is 3.32. The van der Waals surface area contributed by atoms with Crippen molar-refractivity contribution in [2.45, 2.75) is 38.0 Å². The van der Waals surface area contributed by atoms with Crippen molar-refractivity contribution in [2.24, 2.45) is 0 Å². The van der Waals surface area contributed by atoms with Crippen LogP contribution in [0.3, 0.4) is 0 Å². The van der Waals surface area contributed by atoms with Gasteiger partial charge in [-0.15, -0.1) is 0 Å². The van der Waals surface area contributed by atoms with Crippen LogP contribution in [0.15, 0.2) is 0 Å². The van der Waals surface area contributed by atoms with Crippen LogP contribution in [0.1, 0.15) is 26.7 Å². The molecule has 23 heavy (non-hydrogen) atoms. The van der Waals surface area contributed by atoms with Gasteiger partial charge in [-0.1, -0.05) is 13.8 Å². The Bertz CT molecular complexity index is 411. The van der Waals surface area contributed by atoms with E-state index in [-0.39, 0.29) is 0 Å². The van der Waals surface area contributed by atoms with Crippen molar-refractivity contribution in [2.75, 3.05) is 20.0 Å². The first-order valence-electron chi connectivity index (χ1n) is 6.34. The van der Waals surface area contributed by atoms with E-state index in [0.29, 0.717) is 0 Å². The molecule has 0 heterocycles. The molecule has 0 spiro atoms. The summed E-state index contributed by atoms with van der Waals surface area (Å²) in [7, 11) is 0. The molecule has 14 heteroatoms. The van der Waals surface area contributed by atoms with Crippen molar-refractivity contribution >= 4 is 0 Å². The summed E-state index contributed by atoms with van der Waals surface area (Å²) in [5.74, 6) is 0. The summed E-state index contributed by atoms with van der Waals surface area (Å²) >= 11 is 0. The molecule has 0 aromatic heterocycles. The molecule has 0 aliphatic rings. The quantitative estimate of drug-likeness (QED) is 0.206. The second-order valence-corrected chi connectivity index (χ2v) is 4.52. The van der Waals surface area contributed by atoms with Gasteiger partial charge in [0.2, 0.25) is 0 Å². The van der Waals surface area contributed by atoms with Crippen molar-refractivity contribution in [3.05, 3.63) is 40.5 Å². The zero-order valence-electron chi connectivity index (χ0n) is 12.4. The van der Waals surface area contributed by atoms with E-state index in [4.69, 9.17) is 0 Å². The fraction of sp³-hybridized carbons (Fsp3) is 1.00. The maximum atomic E-state index is 10.8. The Morgan fingerprint density at radius 3 is 1.13 bits per heavy atom. The lowest BCUT2D eigenvalue weighted by atomic mass is 10.1. The normalized spacial score (nSPS) is 11.9. The van der Waals surface area contributed by atoms with Crippen LogP contribution in [0.4, 0.5) is 0 Å². The average molecular weight is 340 g/mol. The first kappa shape index (κ1) is 20.5. The second kappa shape index (κ2) is 8.23.